The van der Waals surface area contributed by atoms with Gasteiger partial charge in [-0.25, -0.2) is 13.4 Å². The van der Waals surface area contributed by atoms with Crippen molar-refractivity contribution < 1.29 is 13.5 Å². The Morgan fingerprint density at radius 1 is 1.16 bits per heavy atom. The molecule has 0 amide bonds. The van der Waals surface area contributed by atoms with Gasteiger partial charge in [0.25, 0.3) is 15.2 Å². The molecule has 0 radical (unpaired) electrons. The van der Waals surface area contributed by atoms with E-state index in [2.05, 4.69) is 21.9 Å². The average molecular weight is 460 g/mol. The first-order chi connectivity index (χ1) is 14.9. The summed E-state index contributed by atoms with van der Waals surface area (Å²) in [7, 11) is -3.76. The van der Waals surface area contributed by atoms with Crippen molar-refractivity contribution in [3.8, 4) is 5.19 Å². The normalized spacial score (nSPS) is 16.4. The van der Waals surface area contributed by atoms with Crippen molar-refractivity contribution >= 4 is 37.3 Å². The maximum absolute atomic E-state index is 13.0. The van der Waals surface area contributed by atoms with Crippen LogP contribution in [-0.2, 0) is 16.6 Å². The van der Waals surface area contributed by atoms with Gasteiger partial charge >= 0.3 is 0 Å². The number of thiazole rings is 1. The second kappa shape index (κ2) is 9.54. The smallest absolute Gasteiger partial charge is 0.271 e. The summed E-state index contributed by atoms with van der Waals surface area (Å²) in [5.74, 6) is 0.797. The van der Waals surface area contributed by atoms with Crippen molar-refractivity contribution in [3.63, 3.8) is 0 Å². The van der Waals surface area contributed by atoms with Crippen molar-refractivity contribution in [1.82, 2.24) is 10.3 Å². The molecule has 166 valence electrons. The Morgan fingerprint density at radius 2 is 1.94 bits per heavy atom. The Morgan fingerprint density at radius 3 is 2.74 bits per heavy atom. The molecule has 2 aromatic carbocycles. The molecule has 8 heteroatoms. The van der Waals surface area contributed by atoms with Gasteiger partial charge in [-0.05, 0) is 49.1 Å². The zero-order chi connectivity index (χ0) is 21.8. The van der Waals surface area contributed by atoms with Crippen molar-refractivity contribution in [3.05, 3.63) is 48.0 Å². The molecule has 1 aromatic heterocycles. The summed E-state index contributed by atoms with van der Waals surface area (Å²) < 4.78 is 29.4. The molecule has 6 nitrogen and oxygen atoms in total. The molecule has 0 unspecified atom stereocenters. The lowest BCUT2D eigenvalue weighted by atomic mass is 9.85. The molecule has 4 rings (SSSR count). The zero-order valence-corrected chi connectivity index (χ0v) is 19.3. The van der Waals surface area contributed by atoms with Gasteiger partial charge in [-0.15, -0.1) is 0 Å². The number of para-hydroxylation sites is 1. The van der Waals surface area contributed by atoms with Gasteiger partial charge in [-0.1, -0.05) is 61.6 Å². The standard InChI is InChI=1S/C23H29N3O3S2/c1-16(13-17-7-3-2-4-8-17)24-15-18-9-5-6-10-20(18)26-31(28,29)19-11-12-21-22(14-19)30-23(27)25-21/h5-6,9-12,14,16-17,24,26H,2-4,7-8,13,15H2,1H3,(H,25,27)/t16-/m0/s1. The van der Waals surface area contributed by atoms with Crippen LogP contribution in [0, 0.1) is 5.92 Å². The Hall–Kier alpha value is -2.16. The molecular formula is C23H29N3O3S2. The van der Waals surface area contributed by atoms with Crippen molar-refractivity contribution in [2.45, 2.75) is 62.9 Å². The van der Waals surface area contributed by atoms with E-state index in [-0.39, 0.29) is 10.1 Å². The van der Waals surface area contributed by atoms with E-state index >= 15 is 0 Å². The van der Waals surface area contributed by atoms with Crippen LogP contribution < -0.4 is 10.0 Å². The average Bonchev–Trinajstić information content (AvgIpc) is 3.13. The van der Waals surface area contributed by atoms with Crippen LogP contribution in [0.1, 0.15) is 51.0 Å². The molecule has 0 bridgehead atoms. The highest BCUT2D eigenvalue weighted by Crippen LogP contribution is 2.30. The maximum Gasteiger partial charge on any atom is 0.271 e. The van der Waals surface area contributed by atoms with Crippen molar-refractivity contribution in [2.75, 3.05) is 4.72 Å². The molecule has 1 aliphatic rings. The highest BCUT2D eigenvalue weighted by atomic mass is 32.2. The van der Waals surface area contributed by atoms with Crippen LogP contribution in [0.15, 0.2) is 47.4 Å². The number of aromatic hydroxyl groups is 1. The first kappa shape index (κ1) is 22.0. The van der Waals surface area contributed by atoms with Crippen LogP contribution in [0.2, 0.25) is 0 Å². The predicted molar refractivity (Wildman–Crippen MR) is 126 cm³/mol. The third-order valence-corrected chi connectivity index (χ3v) is 8.16. The van der Waals surface area contributed by atoms with E-state index < -0.39 is 10.0 Å². The SMILES string of the molecule is C[C@@H](CC1CCCCC1)NCc1ccccc1NS(=O)(=O)c1ccc2nc(O)sc2c1. The molecule has 0 aliphatic heterocycles. The van der Waals surface area contributed by atoms with E-state index in [1.165, 1.54) is 38.2 Å². The van der Waals surface area contributed by atoms with E-state index in [1.54, 1.807) is 18.2 Å². The van der Waals surface area contributed by atoms with E-state index in [0.717, 1.165) is 29.2 Å². The predicted octanol–water partition coefficient (Wildman–Crippen LogP) is 5.25. The fraction of sp³-hybridized carbons (Fsp3) is 0.435. The molecule has 1 aliphatic carbocycles. The molecule has 3 aromatic rings. The second-order valence-corrected chi connectivity index (χ2v) is 11.1. The van der Waals surface area contributed by atoms with E-state index in [9.17, 15) is 13.5 Å². The number of benzene rings is 2. The lowest BCUT2D eigenvalue weighted by molar-refractivity contribution is 0.305. The summed E-state index contributed by atoms with van der Waals surface area (Å²) >= 11 is 1.06. The number of aromatic nitrogens is 1. The molecule has 1 heterocycles. The number of rotatable bonds is 8. The fourth-order valence-corrected chi connectivity index (χ4v) is 6.27. The van der Waals surface area contributed by atoms with Gasteiger partial charge < -0.3 is 10.4 Å². The summed E-state index contributed by atoms with van der Waals surface area (Å²) in [4.78, 5) is 4.12. The monoisotopic (exact) mass is 459 g/mol. The molecular weight excluding hydrogens is 430 g/mol. The number of anilines is 1. The highest BCUT2D eigenvalue weighted by molar-refractivity contribution is 7.92. The molecule has 0 spiro atoms. The van der Waals surface area contributed by atoms with Crippen molar-refractivity contribution in [1.29, 1.82) is 0 Å². The van der Waals surface area contributed by atoms with Gasteiger partial charge in [0.2, 0.25) is 0 Å². The van der Waals surface area contributed by atoms with E-state index in [1.807, 2.05) is 18.2 Å². The Balaban J connectivity index is 1.44. The third kappa shape index (κ3) is 5.56. The molecule has 1 atom stereocenters. The van der Waals surface area contributed by atoms with Crippen LogP contribution in [0.25, 0.3) is 10.2 Å². The minimum absolute atomic E-state index is 0.0729. The summed E-state index contributed by atoms with van der Waals surface area (Å²) in [5, 5.41) is 13.1. The number of fused-ring (bicyclic) bond motifs is 1. The Labute approximate surface area is 187 Å². The van der Waals surface area contributed by atoms with Gasteiger partial charge in [-0.3, -0.25) is 4.72 Å². The molecule has 3 N–H and O–H groups in total. The van der Waals surface area contributed by atoms with Crippen LogP contribution in [0.3, 0.4) is 0 Å². The number of sulfonamides is 1. The number of nitrogens with zero attached hydrogens (tertiary/aromatic N) is 1. The third-order valence-electron chi connectivity index (χ3n) is 5.97. The van der Waals surface area contributed by atoms with Gasteiger partial charge in [0, 0.05) is 12.6 Å². The summed E-state index contributed by atoms with van der Waals surface area (Å²) in [6.45, 7) is 2.81. The molecule has 0 saturated heterocycles. The van der Waals surface area contributed by atoms with Crippen molar-refractivity contribution in [2.24, 2.45) is 5.92 Å². The maximum atomic E-state index is 13.0. The topological polar surface area (TPSA) is 91.3 Å². The molecule has 31 heavy (non-hydrogen) atoms. The van der Waals surface area contributed by atoms with Gasteiger partial charge in [-0.2, -0.15) is 0 Å². The number of hydrogen-bond acceptors (Lipinski definition) is 6. The summed E-state index contributed by atoms with van der Waals surface area (Å²) in [5.41, 5.74) is 2.07. The number of hydrogen-bond donors (Lipinski definition) is 3. The van der Waals surface area contributed by atoms with E-state index in [4.69, 9.17) is 0 Å². The first-order valence-electron chi connectivity index (χ1n) is 10.8. The van der Waals surface area contributed by atoms with Crippen LogP contribution in [0.5, 0.6) is 5.19 Å². The lowest BCUT2D eigenvalue weighted by Gasteiger charge is -2.25. The van der Waals surface area contributed by atoms with E-state index in [0.29, 0.717) is 28.5 Å². The number of nitrogens with one attached hydrogen (secondary N) is 2. The quantitative estimate of drug-likeness (QED) is 0.428. The Bertz CT molecular complexity index is 1140. The van der Waals surface area contributed by atoms with Gasteiger partial charge in [0.15, 0.2) is 0 Å². The summed E-state index contributed by atoms with van der Waals surface area (Å²) in [6, 6.07) is 12.5. The van der Waals surface area contributed by atoms with Crippen LogP contribution in [0.4, 0.5) is 5.69 Å². The molecule has 1 fully saturated rings. The highest BCUT2D eigenvalue weighted by Gasteiger charge is 2.19. The fourth-order valence-electron chi connectivity index (χ4n) is 4.33. The summed E-state index contributed by atoms with van der Waals surface area (Å²) in [6.07, 6.45) is 7.86. The van der Waals surface area contributed by atoms with Gasteiger partial charge in [0.05, 0.1) is 20.8 Å². The van der Waals surface area contributed by atoms with Crippen LogP contribution in [-0.4, -0.2) is 24.6 Å². The Kier molecular flexibility index (Phi) is 6.79. The first-order valence-corrected chi connectivity index (χ1v) is 13.1. The minimum Gasteiger partial charge on any atom is -0.486 e. The molecule has 1 saturated carbocycles. The van der Waals surface area contributed by atoms with Crippen LogP contribution >= 0.6 is 11.3 Å². The van der Waals surface area contributed by atoms with Gasteiger partial charge in [0.1, 0.15) is 0 Å². The zero-order valence-electron chi connectivity index (χ0n) is 17.7. The largest absolute Gasteiger partial charge is 0.486 e. The second-order valence-electron chi connectivity index (χ2n) is 8.41. The lowest BCUT2D eigenvalue weighted by Crippen LogP contribution is -2.29. The minimum atomic E-state index is -3.76.